The fourth-order valence-electron chi connectivity index (χ4n) is 3.37. The molecule has 1 rings (SSSR count). The van der Waals surface area contributed by atoms with Gasteiger partial charge in [0.05, 0.1) is 5.54 Å². The number of hydrogen-bond acceptors (Lipinski definition) is 1. The lowest BCUT2D eigenvalue weighted by Crippen LogP contribution is -2.45. The van der Waals surface area contributed by atoms with Gasteiger partial charge in [0.25, 0.3) is 0 Å². The van der Waals surface area contributed by atoms with Crippen molar-refractivity contribution in [3.05, 3.63) is 46.0 Å². The Labute approximate surface area is 152 Å². The van der Waals surface area contributed by atoms with Gasteiger partial charge in [0, 0.05) is 11.9 Å². The summed E-state index contributed by atoms with van der Waals surface area (Å²) < 4.78 is 0. The zero-order chi connectivity index (χ0) is 18.5. The molecule has 0 radical (unpaired) electrons. The molecule has 1 N–H and O–H groups in total. The highest BCUT2D eigenvalue weighted by molar-refractivity contribution is 6.31. The second-order valence-corrected chi connectivity index (χ2v) is 7.85. The van der Waals surface area contributed by atoms with Crippen molar-refractivity contribution >= 4 is 17.5 Å². The molecule has 0 bridgehead atoms. The lowest BCUT2D eigenvalue weighted by atomic mass is 9.78. The van der Waals surface area contributed by atoms with Gasteiger partial charge >= 0.3 is 0 Å². The first-order valence-corrected chi connectivity index (χ1v) is 9.24. The van der Waals surface area contributed by atoms with E-state index in [9.17, 15) is 4.79 Å². The maximum atomic E-state index is 11.8. The second-order valence-electron chi connectivity index (χ2n) is 7.44. The SMILES string of the molecule is C/C=C(/C(C)C)C(C)(NC(C)=O)c1ccc(CCC(C)C)c(Cl)c1. The summed E-state index contributed by atoms with van der Waals surface area (Å²) in [5, 5.41) is 3.92. The third-order valence-corrected chi connectivity index (χ3v) is 4.91. The van der Waals surface area contributed by atoms with Crippen LogP contribution in [0.15, 0.2) is 29.8 Å². The highest BCUT2D eigenvalue weighted by atomic mass is 35.5. The molecule has 0 aliphatic carbocycles. The number of carbonyl (C=O) groups is 1. The van der Waals surface area contributed by atoms with Gasteiger partial charge in [0.15, 0.2) is 0 Å². The molecule has 0 saturated carbocycles. The Morgan fingerprint density at radius 2 is 1.92 bits per heavy atom. The van der Waals surface area contributed by atoms with Crippen molar-refractivity contribution in [2.75, 3.05) is 0 Å². The van der Waals surface area contributed by atoms with E-state index in [0.29, 0.717) is 11.8 Å². The number of carbonyl (C=O) groups excluding carboxylic acids is 1. The van der Waals surface area contributed by atoms with Crippen LogP contribution in [0.1, 0.15) is 66.0 Å². The van der Waals surface area contributed by atoms with E-state index in [4.69, 9.17) is 11.6 Å². The molecule has 0 saturated heterocycles. The van der Waals surface area contributed by atoms with Crippen LogP contribution in [0.4, 0.5) is 0 Å². The monoisotopic (exact) mass is 349 g/mol. The van der Waals surface area contributed by atoms with Crippen LogP contribution in [0.2, 0.25) is 5.02 Å². The smallest absolute Gasteiger partial charge is 0.217 e. The van der Waals surface area contributed by atoms with Crippen LogP contribution in [-0.2, 0) is 16.8 Å². The molecule has 1 aromatic rings. The fraction of sp³-hybridized carbons (Fsp3) is 0.571. The lowest BCUT2D eigenvalue weighted by Gasteiger charge is -2.36. The summed E-state index contributed by atoms with van der Waals surface area (Å²) in [5.74, 6) is 0.935. The largest absolute Gasteiger partial charge is 0.343 e. The van der Waals surface area contributed by atoms with Crippen molar-refractivity contribution < 1.29 is 4.79 Å². The lowest BCUT2D eigenvalue weighted by molar-refractivity contribution is -0.120. The predicted octanol–water partition coefficient (Wildman–Crippen LogP) is 5.88. The number of allylic oxidation sites excluding steroid dienone is 1. The molecular weight excluding hydrogens is 318 g/mol. The van der Waals surface area contributed by atoms with E-state index < -0.39 is 5.54 Å². The van der Waals surface area contributed by atoms with Crippen molar-refractivity contribution in [1.29, 1.82) is 0 Å². The van der Waals surface area contributed by atoms with E-state index in [1.54, 1.807) is 6.92 Å². The molecule has 0 fully saturated rings. The molecule has 1 unspecified atom stereocenters. The van der Waals surface area contributed by atoms with Gasteiger partial charge < -0.3 is 5.32 Å². The van der Waals surface area contributed by atoms with Gasteiger partial charge in [-0.15, -0.1) is 0 Å². The van der Waals surface area contributed by atoms with Gasteiger partial charge in [-0.1, -0.05) is 57.5 Å². The fourth-order valence-corrected chi connectivity index (χ4v) is 3.64. The molecule has 0 aliphatic rings. The van der Waals surface area contributed by atoms with Crippen LogP contribution in [-0.4, -0.2) is 5.91 Å². The van der Waals surface area contributed by atoms with Crippen LogP contribution in [0.5, 0.6) is 0 Å². The van der Waals surface area contributed by atoms with E-state index in [1.807, 2.05) is 13.0 Å². The molecule has 24 heavy (non-hydrogen) atoms. The minimum atomic E-state index is -0.547. The van der Waals surface area contributed by atoms with Crippen molar-refractivity contribution in [3.8, 4) is 0 Å². The Morgan fingerprint density at radius 1 is 1.29 bits per heavy atom. The molecule has 0 spiro atoms. The predicted molar refractivity (Wildman–Crippen MR) is 104 cm³/mol. The Balaban J connectivity index is 3.29. The van der Waals surface area contributed by atoms with Crippen molar-refractivity contribution in [3.63, 3.8) is 0 Å². The maximum Gasteiger partial charge on any atom is 0.217 e. The molecule has 0 aromatic heterocycles. The normalized spacial score (nSPS) is 14.8. The second kappa shape index (κ2) is 8.71. The zero-order valence-corrected chi connectivity index (χ0v) is 16.9. The molecular formula is C21H32ClNO. The molecule has 3 heteroatoms. The maximum absolute atomic E-state index is 11.8. The highest BCUT2D eigenvalue weighted by Gasteiger charge is 2.33. The first-order chi connectivity index (χ1) is 11.1. The molecule has 0 aliphatic heterocycles. The number of nitrogens with one attached hydrogen (secondary N) is 1. The topological polar surface area (TPSA) is 29.1 Å². The van der Waals surface area contributed by atoms with Crippen LogP contribution in [0, 0.1) is 11.8 Å². The minimum Gasteiger partial charge on any atom is -0.343 e. The van der Waals surface area contributed by atoms with Gasteiger partial charge in [0.1, 0.15) is 0 Å². The summed E-state index contributed by atoms with van der Waals surface area (Å²) in [6.45, 7) is 14.4. The third kappa shape index (κ3) is 5.11. The quantitative estimate of drug-likeness (QED) is 0.611. The Hall–Kier alpha value is -1.28. The molecule has 1 atom stereocenters. The van der Waals surface area contributed by atoms with E-state index >= 15 is 0 Å². The summed E-state index contributed by atoms with van der Waals surface area (Å²) in [6.07, 6.45) is 4.20. The molecule has 0 heterocycles. The molecule has 1 aromatic carbocycles. The number of rotatable bonds is 7. The van der Waals surface area contributed by atoms with E-state index in [1.165, 1.54) is 11.1 Å². The summed E-state index contributed by atoms with van der Waals surface area (Å²) in [6, 6.07) is 6.22. The summed E-state index contributed by atoms with van der Waals surface area (Å²) in [5.41, 5.74) is 2.84. The van der Waals surface area contributed by atoms with Gasteiger partial charge in [-0.3, -0.25) is 4.79 Å². The molecule has 1 amide bonds. The van der Waals surface area contributed by atoms with Gasteiger partial charge in [-0.25, -0.2) is 0 Å². The molecule has 2 nitrogen and oxygen atoms in total. The van der Waals surface area contributed by atoms with E-state index in [2.05, 4.69) is 58.1 Å². The number of benzene rings is 1. The standard InChI is InChI=1S/C21H32ClNO/c1-8-19(15(4)5)21(7,23-16(6)24)18-12-11-17(20(22)13-18)10-9-14(2)3/h8,11-15H,9-10H2,1-7H3,(H,23,24)/b19-8-. The Bertz CT molecular complexity index is 604. The Kier molecular flexibility index (Phi) is 7.54. The van der Waals surface area contributed by atoms with Crippen molar-refractivity contribution in [2.45, 2.75) is 66.8 Å². The van der Waals surface area contributed by atoms with Gasteiger partial charge in [-0.05, 0) is 61.3 Å². The van der Waals surface area contributed by atoms with Crippen LogP contribution < -0.4 is 5.32 Å². The summed E-state index contributed by atoms with van der Waals surface area (Å²) in [4.78, 5) is 11.8. The first kappa shape index (κ1) is 20.8. The average Bonchev–Trinajstić information content (AvgIpc) is 2.45. The minimum absolute atomic E-state index is 0.0440. The van der Waals surface area contributed by atoms with E-state index in [0.717, 1.165) is 23.4 Å². The number of amides is 1. The van der Waals surface area contributed by atoms with Crippen molar-refractivity contribution in [2.24, 2.45) is 11.8 Å². The first-order valence-electron chi connectivity index (χ1n) is 8.86. The van der Waals surface area contributed by atoms with Crippen molar-refractivity contribution in [1.82, 2.24) is 5.32 Å². The third-order valence-electron chi connectivity index (χ3n) is 4.56. The van der Waals surface area contributed by atoms with Crippen LogP contribution in [0.25, 0.3) is 0 Å². The van der Waals surface area contributed by atoms with Crippen LogP contribution in [0.3, 0.4) is 0 Å². The van der Waals surface area contributed by atoms with Gasteiger partial charge in [0.2, 0.25) is 5.91 Å². The average molecular weight is 350 g/mol. The summed E-state index contributed by atoms with van der Waals surface area (Å²) >= 11 is 6.55. The van der Waals surface area contributed by atoms with Gasteiger partial charge in [-0.2, -0.15) is 0 Å². The molecule has 134 valence electrons. The summed E-state index contributed by atoms with van der Waals surface area (Å²) in [7, 11) is 0. The number of hydrogen-bond donors (Lipinski definition) is 1. The zero-order valence-electron chi connectivity index (χ0n) is 16.2. The highest BCUT2D eigenvalue weighted by Crippen LogP contribution is 2.36. The van der Waals surface area contributed by atoms with E-state index in [-0.39, 0.29) is 5.91 Å². The number of aryl methyl sites for hydroxylation is 1. The Morgan fingerprint density at radius 3 is 2.33 bits per heavy atom. The number of halogens is 1. The van der Waals surface area contributed by atoms with Crippen LogP contribution >= 0.6 is 11.6 Å².